The van der Waals surface area contributed by atoms with E-state index in [-0.39, 0.29) is 11.5 Å². The van der Waals surface area contributed by atoms with Gasteiger partial charge in [-0.3, -0.25) is 0 Å². The van der Waals surface area contributed by atoms with Crippen LogP contribution in [0, 0.1) is 5.41 Å². The molecule has 0 aliphatic heterocycles. The van der Waals surface area contributed by atoms with Crippen molar-refractivity contribution in [3.05, 3.63) is 35.9 Å². The number of benzene rings is 1. The standard InChI is InChI=1S/C16H27NO2/c1-16(2,3)9-10-19-12-15(18)14(17)11-13-7-5-4-6-8-13/h4-8,14-15,18H,9-12,17H2,1-3H3. The first-order valence-electron chi connectivity index (χ1n) is 6.94. The maximum atomic E-state index is 9.96. The summed E-state index contributed by atoms with van der Waals surface area (Å²) in [4.78, 5) is 0. The lowest BCUT2D eigenvalue weighted by atomic mass is 9.93. The van der Waals surface area contributed by atoms with Crippen molar-refractivity contribution in [3.8, 4) is 0 Å². The van der Waals surface area contributed by atoms with Crippen LogP contribution in [-0.2, 0) is 11.2 Å². The number of aliphatic hydroxyl groups is 1. The van der Waals surface area contributed by atoms with E-state index in [9.17, 15) is 5.11 Å². The zero-order valence-electron chi connectivity index (χ0n) is 12.3. The monoisotopic (exact) mass is 265 g/mol. The van der Waals surface area contributed by atoms with Crippen LogP contribution >= 0.6 is 0 Å². The van der Waals surface area contributed by atoms with E-state index in [2.05, 4.69) is 20.8 Å². The molecule has 0 fully saturated rings. The smallest absolute Gasteiger partial charge is 0.0927 e. The summed E-state index contributed by atoms with van der Waals surface area (Å²) in [6.07, 6.45) is 1.04. The van der Waals surface area contributed by atoms with Crippen molar-refractivity contribution in [1.82, 2.24) is 0 Å². The van der Waals surface area contributed by atoms with E-state index in [0.717, 1.165) is 12.0 Å². The predicted octanol–water partition coefficient (Wildman–Crippen LogP) is 2.37. The zero-order valence-corrected chi connectivity index (χ0v) is 12.3. The fourth-order valence-corrected chi connectivity index (χ4v) is 1.73. The van der Waals surface area contributed by atoms with Gasteiger partial charge in [0.1, 0.15) is 0 Å². The molecule has 3 heteroatoms. The van der Waals surface area contributed by atoms with Crippen LogP contribution in [-0.4, -0.2) is 30.5 Å². The van der Waals surface area contributed by atoms with Crippen LogP contribution < -0.4 is 5.73 Å². The number of hydrogen-bond donors (Lipinski definition) is 2. The van der Waals surface area contributed by atoms with Gasteiger partial charge in [0, 0.05) is 12.6 Å². The van der Waals surface area contributed by atoms with Gasteiger partial charge in [0.15, 0.2) is 0 Å². The van der Waals surface area contributed by atoms with E-state index in [4.69, 9.17) is 10.5 Å². The molecule has 3 nitrogen and oxygen atoms in total. The van der Waals surface area contributed by atoms with Crippen LogP contribution in [0.2, 0.25) is 0 Å². The molecule has 2 unspecified atom stereocenters. The highest BCUT2D eigenvalue weighted by atomic mass is 16.5. The quantitative estimate of drug-likeness (QED) is 0.744. The van der Waals surface area contributed by atoms with E-state index < -0.39 is 6.10 Å². The molecule has 3 N–H and O–H groups in total. The molecule has 1 aromatic carbocycles. The first kappa shape index (κ1) is 16.2. The molecule has 0 heterocycles. The molecule has 1 aromatic rings. The second kappa shape index (κ2) is 7.63. The lowest BCUT2D eigenvalue weighted by Gasteiger charge is -2.21. The van der Waals surface area contributed by atoms with Crippen LogP contribution in [0.4, 0.5) is 0 Å². The zero-order chi connectivity index (χ0) is 14.3. The first-order chi connectivity index (χ1) is 8.88. The largest absolute Gasteiger partial charge is 0.389 e. The Morgan fingerprint density at radius 2 is 1.84 bits per heavy atom. The number of ether oxygens (including phenoxy) is 1. The summed E-state index contributed by atoms with van der Waals surface area (Å²) in [5.41, 5.74) is 7.39. The maximum absolute atomic E-state index is 9.96. The second-order valence-electron chi connectivity index (χ2n) is 6.31. The number of hydrogen-bond acceptors (Lipinski definition) is 3. The predicted molar refractivity (Wildman–Crippen MR) is 79.0 cm³/mol. The lowest BCUT2D eigenvalue weighted by Crippen LogP contribution is -2.39. The summed E-state index contributed by atoms with van der Waals surface area (Å²) in [7, 11) is 0. The van der Waals surface area contributed by atoms with Crippen LogP contribution in [0.5, 0.6) is 0 Å². The highest BCUT2D eigenvalue weighted by Crippen LogP contribution is 2.18. The molecule has 1 rings (SSSR count). The van der Waals surface area contributed by atoms with Gasteiger partial charge in [-0.1, -0.05) is 51.1 Å². The molecule has 2 atom stereocenters. The van der Waals surface area contributed by atoms with Gasteiger partial charge in [-0.25, -0.2) is 0 Å². The first-order valence-corrected chi connectivity index (χ1v) is 6.94. The van der Waals surface area contributed by atoms with Crippen molar-refractivity contribution in [2.24, 2.45) is 11.1 Å². The Morgan fingerprint density at radius 3 is 2.42 bits per heavy atom. The van der Waals surface area contributed by atoms with Crippen molar-refractivity contribution in [3.63, 3.8) is 0 Å². The third-order valence-electron chi connectivity index (χ3n) is 3.09. The highest BCUT2D eigenvalue weighted by Gasteiger charge is 2.16. The van der Waals surface area contributed by atoms with E-state index in [1.165, 1.54) is 0 Å². The van der Waals surface area contributed by atoms with Gasteiger partial charge in [-0.2, -0.15) is 0 Å². The van der Waals surface area contributed by atoms with Gasteiger partial charge in [0.25, 0.3) is 0 Å². The summed E-state index contributed by atoms with van der Waals surface area (Å²) in [6, 6.07) is 9.70. The fourth-order valence-electron chi connectivity index (χ4n) is 1.73. The Kier molecular flexibility index (Phi) is 6.49. The SMILES string of the molecule is CC(C)(C)CCOCC(O)C(N)Cc1ccccc1. The molecular weight excluding hydrogens is 238 g/mol. The molecule has 0 aliphatic carbocycles. The molecule has 19 heavy (non-hydrogen) atoms. The molecular formula is C16H27NO2. The summed E-state index contributed by atoms with van der Waals surface area (Å²) >= 11 is 0. The lowest BCUT2D eigenvalue weighted by molar-refractivity contribution is 0.0153. The average Bonchev–Trinajstić information content (AvgIpc) is 2.34. The summed E-state index contributed by atoms with van der Waals surface area (Å²) in [6.45, 7) is 7.50. The molecule has 0 radical (unpaired) electrons. The summed E-state index contributed by atoms with van der Waals surface area (Å²) in [5.74, 6) is 0. The normalized spacial score (nSPS) is 15.2. The minimum absolute atomic E-state index is 0.261. The van der Waals surface area contributed by atoms with Crippen LogP contribution in [0.25, 0.3) is 0 Å². The molecule has 0 aromatic heterocycles. The van der Waals surface area contributed by atoms with Crippen LogP contribution in [0.15, 0.2) is 30.3 Å². The molecule has 108 valence electrons. The molecule has 0 saturated carbocycles. The number of rotatable bonds is 7. The van der Waals surface area contributed by atoms with E-state index in [1.807, 2.05) is 30.3 Å². The van der Waals surface area contributed by atoms with Gasteiger partial charge in [-0.15, -0.1) is 0 Å². The molecule has 0 aliphatic rings. The summed E-state index contributed by atoms with van der Waals surface area (Å²) < 4.78 is 5.50. The van der Waals surface area contributed by atoms with E-state index >= 15 is 0 Å². The van der Waals surface area contributed by atoms with Crippen molar-refractivity contribution in [2.45, 2.75) is 45.8 Å². The third-order valence-corrected chi connectivity index (χ3v) is 3.09. The van der Waals surface area contributed by atoms with Crippen LogP contribution in [0.1, 0.15) is 32.8 Å². The van der Waals surface area contributed by atoms with Crippen molar-refractivity contribution >= 4 is 0 Å². The topological polar surface area (TPSA) is 55.5 Å². The van der Waals surface area contributed by atoms with Crippen molar-refractivity contribution in [2.75, 3.05) is 13.2 Å². The Hall–Kier alpha value is -0.900. The van der Waals surface area contributed by atoms with E-state index in [0.29, 0.717) is 19.6 Å². The Morgan fingerprint density at radius 1 is 1.21 bits per heavy atom. The molecule has 0 amide bonds. The minimum Gasteiger partial charge on any atom is -0.389 e. The Bertz CT molecular complexity index is 346. The van der Waals surface area contributed by atoms with Crippen molar-refractivity contribution in [1.29, 1.82) is 0 Å². The second-order valence-corrected chi connectivity index (χ2v) is 6.31. The van der Waals surface area contributed by atoms with Gasteiger partial charge in [0.05, 0.1) is 12.7 Å². The average molecular weight is 265 g/mol. The van der Waals surface area contributed by atoms with Gasteiger partial charge >= 0.3 is 0 Å². The van der Waals surface area contributed by atoms with Gasteiger partial charge in [-0.05, 0) is 23.8 Å². The molecule has 0 saturated heterocycles. The maximum Gasteiger partial charge on any atom is 0.0927 e. The number of aliphatic hydroxyl groups excluding tert-OH is 1. The molecule has 0 spiro atoms. The van der Waals surface area contributed by atoms with Crippen LogP contribution in [0.3, 0.4) is 0 Å². The number of nitrogens with two attached hydrogens (primary N) is 1. The summed E-state index contributed by atoms with van der Waals surface area (Å²) in [5, 5.41) is 9.96. The minimum atomic E-state index is -0.611. The van der Waals surface area contributed by atoms with Crippen molar-refractivity contribution < 1.29 is 9.84 Å². The Labute approximate surface area is 116 Å². The fraction of sp³-hybridized carbons (Fsp3) is 0.625. The highest BCUT2D eigenvalue weighted by molar-refractivity contribution is 5.16. The van der Waals surface area contributed by atoms with Gasteiger partial charge in [0.2, 0.25) is 0 Å². The van der Waals surface area contributed by atoms with Gasteiger partial charge < -0.3 is 15.6 Å². The Balaban J connectivity index is 2.24. The molecule has 0 bridgehead atoms. The third kappa shape index (κ3) is 7.31. The van der Waals surface area contributed by atoms with E-state index in [1.54, 1.807) is 0 Å².